The van der Waals surface area contributed by atoms with Crippen molar-refractivity contribution in [2.75, 3.05) is 18.5 Å². The predicted molar refractivity (Wildman–Crippen MR) is 82.8 cm³/mol. The van der Waals surface area contributed by atoms with Crippen molar-refractivity contribution >= 4 is 17.5 Å². The lowest BCUT2D eigenvalue weighted by atomic mass is 10.0. The number of hydrogen-bond acceptors (Lipinski definition) is 4. The Hall–Kier alpha value is -2.08. The molecule has 1 aromatic carbocycles. The Morgan fingerprint density at radius 3 is 3.05 bits per heavy atom. The van der Waals surface area contributed by atoms with Crippen molar-refractivity contribution in [2.45, 2.75) is 38.6 Å². The summed E-state index contributed by atoms with van der Waals surface area (Å²) in [5.74, 6) is 0.710. The van der Waals surface area contributed by atoms with Gasteiger partial charge in [-0.15, -0.1) is 0 Å². The molecule has 6 heteroatoms. The Kier molecular flexibility index (Phi) is 5.77. The number of carbonyl (C=O) groups excluding carboxylic acids is 2. The lowest BCUT2D eigenvalue weighted by Gasteiger charge is -2.17. The molecule has 1 aromatic rings. The van der Waals surface area contributed by atoms with Crippen molar-refractivity contribution in [3.8, 4) is 5.75 Å². The third-order valence-corrected chi connectivity index (χ3v) is 3.47. The molecule has 0 aromatic heterocycles. The Morgan fingerprint density at radius 1 is 1.45 bits per heavy atom. The van der Waals surface area contributed by atoms with E-state index < -0.39 is 0 Å². The Bertz CT molecular complexity index is 545. The maximum absolute atomic E-state index is 11.5. The molecule has 3 N–H and O–H groups in total. The van der Waals surface area contributed by atoms with Crippen LogP contribution in [0.3, 0.4) is 0 Å². The first-order valence-electron chi connectivity index (χ1n) is 7.54. The molecule has 0 bridgehead atoms. The molecule has 0 aliphatic carbocycles. The number of anilines is 1. The number of amides is 2. The summed E-state index contributed by atoms with van der Waals surface area (Å²) in [5, 5.41) is 14.4. The number of aryl methyl sites for hydroxylation is 1. The molecular weight excluding hydrogens is 284 g/mol. The van der Waals surface area contributed by atoms with Crippen molar-refractivity contribution in [1.82, 2.24) is 5.32 Å². The van der Waals surface area contributed by atoms with Gasteiger partial charge in [0.2, 0.25) is 11.8 Å². The second-order valence-corrected chi connectivity index (χ2v) is 5.47. The third-order valence-electron chi connectivity index (χ3n) is 3.47. The van der Waals surface area contributed by atoms with E-state index in [-0.39, 0.29) is 24.5 Å². The lowest BCUT2D eigenvalue weighted by Crippen LogP contribution is -2.34. The molecule has 1 aliphatic rings. The maximum atomic E-state index is 11.5. The van der Waals surface area contributed by atoms with Gasteiger partial charge in [0.05, 0.1) is 13.2 Å². The van der Waals surface area contributed by atoms with Gasteiger partial charge in [-0.05, 0) is 43.5 Å². The minimum atomic E-state index is -0.218. The molecule has 0 radical (unpaired) electrons. The summed E-state index contributed by atoms with van der Waals surface area (Å²) in [4.78, 5) is 22.8. The number of fused-ring (bicyclic) bond motifs is 1. The van der Waals surface area contributed by atoms with Gasteiger partial charge >= 0.3 is 0 Å². The first-order valence-corrected chi connectivity index (χ1v) is 7.54. The monoisotopic (exact) mass is 306 g/mol. The van der Waals surface area contributed by atoms with Crippen LogP contribution in [-0.4, -0.2) is 36.2 Å². The molecule has 120 valence electrons. The van der Waals surface area contributed by atoms with E-state index in [2.05, 4.69) is 10.6 Å². The standard InChI is InChI=1S/C16H22N2O4/c1-11(10-19)17-15(20)3-2-8-22-13-5-6-14-12(9-13)4-7-16(21)18-14/h5-6,9,11,19H,2-4,7-8,10H2,1H3,(H,17,20)(H,18,21)/t11-/m1/s1. The SMILES string of the molecule is C[C@H](CO)NC(=O)CCCOc1ccc2c(c1)CCC(=O)N2. The zero-order valence-electron chi connectivity index (χ0n) is 12.7. The van der Waals surface area contributed by atoms with E-state index in [0.717, 1.165) is 23.4 Å². The first kappa shape index (κ1) is 16.3. The number of aliphatic hydroxyl groups excluding tert-OH is 1. The molecule has 0 saturated heterocycles. The van der Waals surface area contributed by atoms with E-state index in [1.165, 1.54) is 0 Å². The first-order chi connectivity index (χ1) is 10.6. The van der Waals surface area contributed by atoms with Crippen molar-refractivity contribution in [1.29, 1.82) is 0 Å². The predicted octanol–water partition coefficient (Wildman–Crippen LogP) is 1.23. The average Bonchev–Trinajstić information content (AvgIpc) is 2.51. The van der Waals surface area contributed by atoms with Crippen LogP contribution in [0.15, 0.2) is 18.2 Å². The summed E-state index contributed by atoms with van der Waals surface area (Å²) in [6.07, 6.45) is 2.20. The van der Waals surface area contributed by atoms with Crippen LogP contribution in [-0.2, 0) is 16.0 Å². The highest BCUT2D eigenvalue weighted by molar-refractivity contribution is 5.94. The molecule has 0 saturated carbocycles. The summed E-state index contributed by atoms with van der Waals surface area (Å²) < 4.78 is 5.64. The Labute approximate surface area is 129 Å². The van der Waals surface area contributed by atoms with E-state index >= 15 is 0 Å². The number of nitrogens with one attached hydrogen (secondary N) is 2. The number of benzene rings is 1. The number of ether oxygens (including phenoxy) is 1. The molecule has 2 amide bonds. The Morgan fingerprint density at radius 2 is 2.27 bits per heavy atom. The number of hydrogen-bond donors (Lipinski definition) is 3. The number of aliphatic hydroxyl groups is 1. The number of rotatable bonds is 7. The second-order valence-electron chi connectivity index (χ2n) is 5.47. The van der Waals surface area contributed by atoms with Gasteiger partial charge in [-0.3, -0.25) is 9.59 Å². The molecule has 0 spiro atoms. The molecule has 1 heterocycles. The van der Waals surface area contributed by atoms with Crippen molar-refractivity contribution < 1.29 is 19.4 Å². The molecule has 0 fully saturated rings. The molecule has 2 rings (SSSR count). The molecular formula is C16H22N2O4. The van der Waals surface area contributed by atoms with Crippen LogP contribution >= 0.6 is 0 Å². The van der Waals surface area contributed by atoms with Crippen LogP contribution in [0, 0.1) is 0 Å². The summed E-state index contributed by atoms with van der Waals surface area (Å²) in [6.45, 7) is 2.14. The van der Waals surface area contributed by atoms with Crippen LogP contribution in [0.25, 0.3) is 0 Å². The Balaban J connectivity index is 1.74. The number of carbonyl (C=O) groups is 2. The highest BCUT2D eigenvalue weighted by Gasteiger charge is 2.15. The third kappa shape index (κ3) is 4.73. The fourth-order valence-electron chi connectivity index (χ4n) is 2.26. The van der Waals surface area contributed by atoms with Gasteiger partial charge < -0.3 is 20.5 Å². The van der Waals surface area contributed by atoms with Crippen LogP contribution in [0.4, 0.5) is 5.69 Å². The minimum absolute atomic E-state index is 0.0456. The molecule has 6 nitrogen and oxygen atoms in total. The van der Waals surface area contributed by atoms with Gasteiger partial charge in [0.15, 0.2) is 0 Å². The van der Waals surface area contributed by atoms with Crippen LogP contribution < -0.4 is 15.4 Å². The van der Waals surface area contributed by atoms with E-state index in [1.807, 2.05) is 18.2 Å². The van der Waals surface area contributed by atoms with Crippen LogP contribution in [0.1, 0.15) is 31.7 Å². The van der Waals surface area contributed by atoms with E-state index in [4.69, 9.17) is 9.84 Å². The molecule has 22 heavy (non-hydrogen) atoms. The summed E-state index contributed by atoms with van der Waals surface area (Å²) in [7, 11) is 0. The smallest absolute Gasteiger partial charge is 0.224 e. The van der Waals surface area contributed by atoms with E-state index in [1.54, 1.807) is 6.92 Å². The van der Waals surface area contributed by atoms with Gasteiger partial charge in [-0.2, -0.15) is 0 Å². The zero-order valence-corrected chi connectivity index (χ0v) is 12.7. The molecule has 0 unspecified atom stereocenters. The van der Waals surface area contributed by atoms with Crippen molar-refractivity contribution in [3.05, 3.63) is 23.8 Å². The van der Waals surface area contributed by atoms with Crippen LogP contribution in [0.2, 0.25) is 0 Å². The van der Waals surface area contributed by atoms with Crippen molar-refractivity contribution in [3.63, 3.8) is 0 Å². The van der Waals surface area contributed by atoms with E-state index in [9.17, 15) is 9.59 Å². The van der Waals surface area contributed by atoms with Gasteiger partial charge in [-0.1, -0.05) is 0 Å². The van der Waals surface area contributed by atoms with Gasteiger partial charge in [-0.25, -0.2) is 0 Å². The maximum Gasteiger partial charge on any atom is 0.224 e. The van der Waals surface area contributed by atoms with E-state index in [0.29, 0.717) is 25.9 Å². The fraction of sp³-hybridized carbons (Fsp3) is 0.500. The van der Waals surface area contributed by atoms with Crippen molar-refractivity contribution in [2.24, 2.45) is 0 Å². The molecule has 1 aliphatic heterocycles. The summed E-state index contributed by atoms with van der Waals surface area (Å²) in [5.41, 5.74) is 1.92. The highest BCUT2D eigenvalue weighted by atomic mass is 16.5. The average molecular weight is 306 g/mol. The van der Waals surface area contributed by atoms with Gasteiger partial charge in [0, 0.05) is 24.6 Å². The zero-order chi connectivity index (χ0) is 15.9. The van der Waals surface area contributed by atoms with Gasteiger partial charge in [0.25, 0.3) is 0 Å². The lowest BCUT2D eigenvalue weighted by molar-refractivity contribution is -0.122. The molecule has 1 atom stereocenters. The second kappa shape index (κ2) is 7.79. The minimum Gasteiger partial charge on any atom is -0.494 e. The summed E-state index contributed by atoms with van der Waals surface area (Å²) in [6, 6.07) is 5.38. The largest absolute Gasteiger partial charge is 0.494 e. The topological polar surface area (TPSA) is 87.7 Å². The van der Waals surface area contributed by atoms with Crippen LogP contribution in [0.5, 0.6) is 5.75 Å². The van der Waals surface area contributed by atoms with Gasteiger partial charge in [0.1, 0.15) is 5.75 Å². The quantitative estimate of drug-likeness (QED) is 0.661. The highest BCUT2D eigenvalue weighted by Crippen LogP contribution is 2.26. The fourth-order valence-corrected chi connectivity index (χ4v) is 2.26. The summed E-state index contributed by atoms with van der Waals surface area (Å²) >= 11 is 0. The normalized spacial score (nSPS) is 14.7.